The van der Waals surface area contributed by atoms with E-state index in [4.69, 9.17) is 16.6 Å². The van der Waals surface area contributed by atoms with Crippen molar-refractivity contribution in [2.45, 2.75) is 44.3 Å². The zero-order valence-electron chi connectivity index (χ0n) is 20.7. The van der Waals surface area contributed by atoms with Gasteiger partial charge in [-0.1, -0.05) is 29.8 Å². The molecule has 3 aromatic heterocycles. The largest absolute Gasteiger partial charge is 0.574 e. The average molecular weight is 557 g/mol. The second-order valence-electron chi connectivity index (χ2n) is 9.71. The fourth-order valence-corrected chi connectivity index (χ4v) is 5.69. The van der Waals surface area contributed by atoms with E-state index in [1.165, 1.54) is 12.1 Å². The summed E-state index contributed by atoms with van der Waals surface area (Å²) >= 11 is 6.11. The van der Waals surface area contributed by atoms with E-state index in [0.29, 0.717) is 30.4 Å². The lowest BCUT2D eigenvalue weighted by atomic mass is 9.98. The van der Waals surface area contributed by atoms with Crippen LogP contribution in [0.4, 0.5) is 13.2 Å². The summed E-state index contributed by atoms with van der Waals surface area (Å²) in [6.45, 7) is 1.72. The molecule has 2 bridgehead atoms. The van der Waals surface area contributed by atoms with E-state index >= 15 is 0 Å². The molecule has 3 fully saturated rings. The van der Waals surface area contributed by atoms with E-state index in [0.717, 1.165) is 42.3 Å². The Morgan fingerprint density at radius 3 is 2.62 bits per heavy atom. The number of piperidine rings is 1. The van der Waals surface area contributed by atoms with Crippen LogP contribution in [-0.4, -0.2) is 66.6 Å². The number of hydrogen-bond acceptors (Lipinski definition) is 6. The van der Waals surface area contributed by atoms with Gasteiger partial charge in [-0.25, -0.2) is 15.0 Å². The van der Waals surface area contributed by atoms with Gasteiger partial charge in [0.25, 0.3) is 5.91 Å². The standard InChI is InChI=1S/C27H24ClF3N6O2/c28-18-7-5-17(6-8-18)24-22(37-13-2-12-32-26(37)34-24)16-35-15-20-10-9-19(35)11-14-36(20)25(38)21-3-1-4-23(33-21)39-27(29,30)31/h1-8,12-13,19-20H,9-11,14-16H2. The number of carbonyl (C=O) groups is 1. The fraction of sp³-hybridized carbons (Fsp3) is 0.333. The summed E-state index contributed by atoms with van der Waals surface area (Å²) in [6.07, 6.45) is 1.23. The van der Waals surface area contributed by atoms with Crippen LogP contribution in [0.15, 0.2) is 60.9 Å². The van der Waals surface area contributed by atoms with Crippen molar-refractivity contribution in [3.05, 3.63) is 77.3 Å². The van der Waals surface area contributed by atoms with Crippen molar-refractivity contribution >= 4 is 23.3 Å². The summed E-state index contributed by atoms with van der Waals surface area (Å²) < 4.78 is 43.9. The second-order valence-corrected chi connectivity index (χ2v) is 10.2. The van der Waals surface area contributed by atoms with Crippen LogP contribution in [-0.2, 0) is 6.54 Å². The van der Waals surface area contributed by atoms with Crippen molar-refractivity contribution in [1.29, 1.82) is 0 Å². The molecule has 0 radical (unpaired) electrons. The van der Waals surface area contributed by atoms with Crippen LogP contribution >= 0.6 is 11.6 Å². The third-order valence-corrected chi connectivity index (χ3v) is 7.59. The van der Waals surface area contributed by atoms with Crippen molar-refractivity contribution in [2.75, 3.05) is 13.1 Å². The van der Waals surface area contributed by atoms with Crippen LogP contribution in [0, 0.1) is 0 Å². The predicted molar refractivity (Wildman–Crippen MR) is 137 cm³/mol. The van der Waals surface area contributed by atoms with Gasteiger partial charge in [-0.3, -0.25) is 14.1 Å². The summed E-state index contributed by atoms with van der Waals surface area (Å²) in [5, 5.41) is 0.641. The van der Waals surface area contributed by atoms with Crippen LogP contribution in [0.2, 0.25) is 5.02 Å². The number of imidazole rings is 1. The second kappa shape index (κ2) is 10.1. The first-order chi connectivity index (χ1) is 18.7. The zero-order chi connectivity index (χ0) is 27.1. The molecule has 3 saturated heterocycles. The molecule has 39 heavy (non-hydrogen) atoms. The Kier molecular flexibility index (Phi) is 6.64. The van der Waals surface area contributed by atoms with Crippen molar-refractivity contribution in [3.63, 3.8) is 0 Å². The van der Waals surface area contributed by atoms with E-state index in [1.807, 2.05) is 40.9 Å². The summed E-state index contributed by atoms with van der Waals surface area (Å²) in [4.78, 5) is 30.6. The molecule has 0 N–H and O–H groups in total. The molecular weight excluding hydrogens is 533 g/mol. The molecule has 3 aliphatic rings. The van der Waals surface area contributed by atoms with Crippen LogP contribution in [0.25, 0.3) is 17.0 Å². The summed E-state index contributed by atoms with van der Waals surface area (Å²) in [5.41, 5.74) is 2.68. The van der Waals surface area contributed by atoms with Gasteiger partial charge in [0, 0.05) is 60.8 Å². The van der Waals surface area contributed by atoms with E-state index in [9.17, 15) is 18.0 Å². The van der Waals surface area contributed by atoms with Gasteiger partial charge in [0.2, 0.25) is 11.7 Å². The number of amides is 1. The quantitative estimate of drug-likeness (QED) is 0.335. The number of pyridine rings is 1. The minimum atomic E-state index is -4.88. The lowest BCUT2D eigenvalue weighted by Gasteiger charge is -2.38. The van der Waals surface area contributed by atoms with Gasteiger partial charge in [-0.05, 0) is 43.5 Å². The molecule has 202 valence electrons. The Labute approximate surface area is 227 Å². The molecule has 7 rings (SSSR count). The topological polar surface area (TPSA) is 75.9 Å². The van der Waals surface area contributed by atoms with Gasteiger partial charge in [-0.15, -0.1) is 13.2 Å². The van der Waals surface area contributed by atoms with E-state index in [2.05, 4.69) is 19.6 Å². The number of aromatic nitrogens is 4. The molecule has 4 aromatic rings. The monoisotopic (exact) mass is 556 g/mol. The molecule has 0 saturated carbocycles. The number of carbonyl (C=O) groups excluding carboxylic acids is 1. The highest BCUT2D eigenvalue weighted by atomic mass is 35.5. The van der Waals surface area contributed by atoms with Crippen molar-refractivity contribution < 1.29 is 22.7 Å². The third-order valence-electron chi connectivity index (χ3n) is 7.34. The molecule has 2 atom stereocenters. The highest BCUT2D eigenvalue weighted by Gasteiger charge is 2.39. The van der Waals surface area contributed by atoms with Crippen LogP contribution in [0.5, 0.6) is 5.88 Å². The SMILES string of the molecule is O=C(c1cccc(OC(F)(F)F)n1)N1CCC2CCC1CN2Cc1c(-c2ccc(Cl)cc2)nc2ncccn12. The average Bonchev–Trinajstić information content (AvgIpc) is 3.03. The fourth-order valence-electron chi connectivity index (χ4n) is 5.57. The highest BCUT2D eigenvalue weighted by molar-refractivity contribution is 6.30. The van der Waals surface area contributed by atoms with Crippen LogP contribution in [0.1, 0.15) is 35.4 Å². The first-order valence-electron chi connectivity index (χ1n) is 12.6. The molecule has 0 aliphatic carbocycles. The minimum Gasteiger partial charge on any atom is -0.388 e. The van der Waals surface area contributed by atoms with Crippen molar-refractivity contribution in [3.8, 4) is 17.1 Å². The van der Waals surface area contributed by atoms with Gasteiger partial charge in [0.05, 0.1) is 11.4 Å². The van der Waals surface area contributed by atoms with Gasteiger partial charge in [0.15, 0.2) is 0 Å². The summed E-state index contributed by atoms with van der Waals surface area (Å²) in [5.74, 6) is -0.442. The molecule has 2 unspecified atom stereocenters. The zero-order valence-corrected chi connectivity index (χ0v) is 21.4. The lowest BCUT2D eigenvalue weighted by Crippen LogP contribution is -2.48. The first-order valence-corrected chi connectivity index (χ1v) is 13.0. The number of fused-ring (bicyclic) bond motifs is 5. The maximum Gasteiger partial charge on any atom is 0.574 e. The van der Waals surface area contributed by atoms with E-state index in [1.54, 1.807) is 11.1 Å². The Hall–Kier alpha value is -3.70. The van der Waals surface area contributed by atoms with Crippen molar-refractivity contribution in [1.82, 2.24) is 29.2 Å². The minimum absolute atomic E-state index is 0.0634. The molecular formula is C27H24ClF3N6O2. The predicted octanol–water partition coefficient (Wildman–Crippen LogP) is 5.22. The molecule has 1 amide bonds. The number of rotatable bonds is 5. The maximum atomic E-state index is 13.4. The van der Waals surface area contributed by atoms with Gasteiger partial charge in [0.1, 0.15) is 5.69 Å². The van der Waals surface area contributed by atoms with E-state index in [-0.39, 0.29) is 17.8 Å². The molecule has 8 nitrogen and oxygen atoms in total. The third kappa shape index (κ3) is 5.28. The van der Waals surface area contributed by atoms with Crippen LogP contribution < -0.4 is 4.74 Å². The number of hydrogen-bond donors (Lipinski definition) is 0. The summed E-state index contributed by atoms with van der Waals surface area (Å²) in [6, 6.07) is 13.4. The Bertz CT molecular complexity index is 1510. The van der Waals surface area contributed by atoms with E-state index < -0.39 is 18.1 Å². The number of nitrogens with zero attached hydrogens (tertiary/aromatic N) is 6. The molecule has 1 aromatic carbocycles. The first kappa shape index (κ1) is 25.6. The van der Waals surface area contributed by atoms with Crippen LogP contribution in [0.3, 0.4) is 0 Å². The number of benzene rings is 1. The highest BCUT2D eigenvalue weighted by Crippen LogP contribution is 2.33. The van der Waals surface area contributed by atoms with Crippen molar-refractivity contribution in [2.24, 2.45) is 0 Å². The maximum absolute atomic E-state index is 13.4. The lowest BCUT2D eigenvalue weighted by molar-refractivity contribution is -0.276. The number of halogens is 4. The molecule has 12 heteroatoms. The molecule has 3 aliphatic heterocycles. The Morgan fingerprint density at radius 2 is 1.82 bits per heavy atom. The number of ether oxygens (including phenoxy) is 1. The smallest absolute Gasteiger partial charge is 0.388 e. The summed E-state index contributed by atoms with van der Waals surface area (Å²) in [7, 11) is 0. The Morgan fingerprint density at radius 1 is 1.03 bits per heavy atom. The molecule has 0 spiro atoms. The number of alkyl halides is 3. The molecule has 6 heterocycles. The Balaban J connectivity index is 1.26. The van der Waals surface area contributed by atoms with Gasteiger partial charge >= 0.3 is 6.36 Å². The van der Waals surface area contributed by atoms with Gasteiger partial charge < -0.3 is 9.64 Å². The normalized spacial score (nSPS) is 19.8. The van der Waals surface area contributed by atoms with Gasteiger partial charge in [-0.2, -0.15) is 0 Å².